The van der Waals surface area contributed by atoms with E-state index in [0.717, 1.165) is 39.1 Å². The first-order valence-electron chi connectivity index (χ1n) is 9.71. The van der Waals surface area contributed by atoms with Crippen LogP contribution in [0.1, 0.15) is 73.1 Å². The van der Waals surface area contributed by atoms with E-state index in [1.165, 1.54) is 0 Å². The van der Waals surface area contributed by atoms with Gasteiger partial charge in [0.2, 0.25) is 0 Å². The molecule has 0 amide bonds. The fourth-order valence-corrected chi connectivity index (χ4v) is 2.96. The van der Waals surface area contributed by atoms with Gasteiger partial charge in [-0.15, -0.1) is 0 Å². The van der Waals surface area contributed by atoms with E-state index < -0.39 is 17.5 Å². The molecule has 7 heteroatoms. The number of carbonyl (C=O) groups is 2. The highest BCUT2D eigenvalue weighted by Crippen LogP contribution is 2.22. The van der Waals surface area contributed by atoms with Crippen LogP contribution in [0, 0.1) is 6.92 Å². The Kier molecular flexibility index (Phi) is 8.99. The number of nitrogens with zero attached hydrogens (tertiary/aromatic N) is 1. The second-order valence-electron chi connectivity index (χ2n) is 7.67. The summed E-state index contributed by atoms with van der Waals surface area (Å²) in [4.78, 5) is 29.3. The van der Waals surface area contributed by atoms with Crippen molar-refractivity contribution in [2.75, 3.05) is 32.7 Å². The number of rotatable bonds is 11. The predicted molar refractivity (Wildman–Crippen MR) is 107 cm³/mol. The highest BCUT2D eigenvalue weighted by molar-refractivity contribution is 5.97. The van der Waals surface area contributed by atoms with Crippen LogP contribution in [0.4, 0.5) is 0 Å². The normalized spacial score (nSPS) is 11.8. The number of nitrogens with one attached hydrogen (secondary N) is 2. The van der Waals surface area contributed by atoms with Gasteiger partial charge in [-0.3, -0.25) is 0 Å². The molecule has 1 aromatic heterocycles. The molecule has 0 saturated carbocycles. The number of aryl methyl sites for hydroxylation is 1. The van der Waals surface area contributed by atoms with Gasteiger partial charge in [0.1, 0.15) is 11.3 Å². The molecule has 3 N–H and O–H groups in total. The SMILES string of the molecule is CCN(CC)CCNCCCc1[nH]c(C(=O)OC(C)(C)C)c(C)c1C(=O)O. The van der Waals surface area contributed by atoms with E-state index >= 15 is 0 Å². The van der Waals surface area contributed by atoms with Crippen molar-refractivity contribution in [1.82, 2.24) is 15.2 Å². The standard InChI is InChI=1S/C20H35N3O4/c1-7-23(8-2)13-12-21-11-9-10-15-16(18(24)25)14(3)17(22-15)19(26)27-20(4,5)6/h21-22H,7-13H2,1-6H3,(H,24,25). The number of aromatic carboxylic acids is 1. The zero-order chi connectivity index (χ0) is 20.6. The average molecular weight is 382 g/mol. The lowest BCUT2D eigenvalue weighted by molar-refractivity contribution is 0.00625. The fourth-order valence-electron chi connectivity index (χ4n) is 2.96. The molecule has 0 aliphatic carbocycles. The molecule has 27 heavy (non-hydrogen) atoms. The number of hydrogen-bond donors (Lipinski definition) is 3. The van der Waals surface area contributed by atoms with E-state index in [4.69, 9.17) is 4.74 Å². The molecule has 0 aliphatic rings. The summed E-state index contributed by atoms with van der Waals surface area (Å²) in [5, 5.41) is 12.9. The summed E-state index contributed by atoms with van der Waals surface area (Å²) >= 11 is 0. The molecule has 0 aromatic carbocycles. The molecule has 0 saturated heterocycles. The Hall–Kier alpha value is -1.86. The van der Waals surface area contributed by atoms with Gasteiger partial charge in [-0.1, -0.05) is 13.8 Å². The van der Waals surface area contributed by atoms with Gasteiger partial charge in [-0.2, -0.15) is 0 Å². The Morgan fingerprint density at radius 2 is 1.81 bits per heavy atom. The Morgan fingerprint density at radius 1 is 1.19 bits per heavy atom. The summed E-state index contributed by atoms with van der Waals surface area (Å²) in [6.45, 7) is 16.1. The summed E-state index contributed by atoms with van der Waals surface area (Å²) in [5.41, 5.74) is 0.783. The summed E-state index contributed by atoms with van der Waals surface area (Å²) in [7, 11) is 0. The van der Waals surface area contributed by atoms with Crippen molar-refractivity contribution in [3.63, 3.8) is 0 Å². The molecule has 0 bridgehead atoms. The highest BCUT2D eigenvalue weighted by Gasteiger charge is 2.26. The molecular weight excluding hydrogens is 346 g/mol. The zero-order valence-electron chi connectivity index (χ0n) is 17.6. The minimum absolute atomic E-state index is 0.180. The first kappa shape index (κ1) is 23.2. The van der Waals surface area contributed by atoms with Crippen molar-refractivity contribution >= 4 is 11.9 Å². The first-order valence-corrected chi connectivity index (χ1v) is 9.71. The van der Waals surface area contributed by atoms with Crippen molar-refractivity contribution < 1.29 is 19.4 Å². The topological polar surface area (TPSA) is 94.7 Å². The largest absolute Gasteiger partial charge is 0.478 e. The molecule has 1 aromatic rings. The number of aromatic amines is 1. The van der Waals surface area contributed by atoms with Gasteiger partial charge < -0.3 is 25.0 Å². The van der Waals surface area contributed by atoms with Crippen LogP contribution in [0.2, 0.25) is 0 Å². The summed E-state index contributed by atoms with van der Waals surface area (Å²) in [5.74, 6) is -1.55. The van der Waals surface area contributed by atoms with E-state index in [9.17, 15) is 14.7 Å². The Labute approximate surface area is 162 Å². The number of likely N-dealkylation sites (N-methyl/N-ethyl adjacent to an activating group) is 1. The van der Waals surface area contributed by atoms with E-state index in [-0.39, 0.29) is 11.3 Å². The van der Waals surface area contributed by atoms with Crippen LogP contribution in [0.5, 0.6) is 0 Å². The average Bonchev–Trinajstić information content (AvgIpc) is 2.89. The number of hydrogen-bond acceptors (Lipinski definition) is 5. The summed E-state index contributed by atoms with van der Waals surface area (Å²) < 4.78 is 5.37. The Bertz CT molecular complexity index is 628. The van der Waals surface area contributed by atoms with Gasteiger partial charge >= 0.3 is 11.9 Å². The number of H-pyrrole nitrogens is 1. The maximum atomic E-state index is 12.3. The van der Waals surface area contributed by atoms with E-state index in [0.29, 0.717) is 17.7 Å². The van der Waals surface area contributed by atoms with Crippen LogP contribution in [-0.2, 0) is 11.2 Å². The van der Waals surface area contributed by atoms with Crippen LogP contribution in [0.3, 0.4) is 0 Å². The molecule has 0 unspecified atom stereocenters. The number of carboxylic acids is 1. The van der Waals surface area contributed by atoms with Gasteiger partial charge in [-0.05, 0) is 65.7 Å². The minimum Gasteiger partial charge on any atom is -0.478 e. The molecule has 0 radical (unpaired) electrons. The van der Waals surface area contributed by atoms with Crippen LogP contribution in [0.25, 0.3) is 0 Å². The minimum atomic E-state index is -1.02. The lowest BCUT2D eigenvalue weighted by atomic mass is 10.1. The number of ether oxygens (including phenoxy) is 1. The Balaban J connectivity index is 2.68. The van der Waals surface area contributed by atoms with Crippen molar-refractivity contribution in [2.45, 2.75) is 60.0 Å². The van der Waals surface area contributed by atoms with Crippen LogP contribution < -0.4 is 5.32 Å². The van der Waals surface area contributed by atoms with E-state index in [1.54, 1.807) is 27.7 Å². The molecule has 1 rings (SSSR count). The van der Waals surface area contributed by atoms with Gasteiger partial charge in [0.25, 0.3) is 0 Å². The van der Waals surface area contributed by atoms with Crippen molar-refractivity contribution in [1.29, 1.82) is 0 Å². The van der Waals surface area contributed by atoms with E-state index in [2.05, 4.69) is 29.0 Å². The van der Waals surface area contributed by atoms with Gasteiger partial charge in [-0.25, -0.2) is 9.59 Å². The number of carboxylic acid groups (broad SMARTS) is 1. The van der Waals surface area contributed by atoms with Crippen LogP contribution in [-0.4, -0.2) is 65.3 Å². The first-order chi connectivity index (χ1) is 12.6. The summed E-state index contributed by atoms with van der Waals surface area (Å²) in [6.07, 6.45) is 1.34. The van der Waals surface area contributed by atoms with E-state index in [1.807, 2.05) is 0 Å². The molecule has 7 nitrogen and oxygen atoms in total. The summed E-state index contributed by atoms with van der Waals surface area (Å²) in [6, 6.07) is 0. The second kappa shape index (κ2) is 10.5. The molecule has 1 heterocycles. The van der Waals surface area contributed by atoms with Crippen LogP contribution in [0.15, 0.2) is 0 Å². The number of carbonyl (C=O) groups excluding carboxylic acids is 1. The van der Waals surface area contributed by atoms with Crippen molar-refractivity contribution in [3.8, 4) is 0 Å². The Morgan fingerprint density at radius 3 is 2.33 bits per heavy atom. The number of aromatic nitrogens is 1. The zero-order valence-corrected chi connectivity index (χ0v) is 17.6. The lowest BCUT2D eigenvalue weighted by Crippen LogP contribution is -2.32. The maximum absolute atomic E-state index is 12.3. The van der Waals surface area contributed by atoms with Crippen molar-refractivity contribution in [2.24, 2.45) is 0 Å². The third-order valence-corrected chi connectivity index (χ3v) is 4.42. The molecular formula is C20H35N3O4. The van der Waals surface area contributed by atoms with Gasteiger partial charge in [0.15, 0.2) is 0 Å². The lowest BCUT2D eigenvalue weighted by Gasteiger charge is -2.19. The molecule has 0 aliphatic heterocycles. The van der Waals surface area contributed by atoms with Gasteiger partial charge in [0, 0.05) is 18.8 Å². The molecule has 0 fully saturated rings. The fraction of sp³-hybridized carbons (Fsp3) is 0.700. The smallest absolute Gasteiger partial charge is 0.355 e. The maximum Gasteiger partial charge on any atom is 0.355 e. The monoisotopic (exact) mass is 381 g/mol. The highest BCUT2D eigenvalue weighted by atomic mass is 16.6. The molecule has 154 valence electrons. The van der Waals surface area contributed by atoms with Gasteiger partial charge in [0.05, 0.1) is 5.56 Å². The second-order valence-corrected chi connectivity index (χ2v) is 7.67. The molecule has 0 atom stereocenters. The third kappa shape index (κ3) is 7.34. The van der Waals surface area contributed by atoms with Crippen LogP contribution >= 0.6 is 0 Å². The number of esters is 1. The quantitative estimate of drug-likeness (QED) is 0.403. The molecule has 0 spiro atoms. The third-order valence-electron chi connectivity index (χ3n) is 4.42. The predicted octanol–water partition coefficient (Wildman–Crippen LogP) is 2.84. The van der Waals surface area contributed by atoms with Crippen molar-refractivity contribution in [3.05, 3.63) is 22.5 Å².